The number of hydrogen-bond acceptors (Lipinski definition) is 6. The molecule has 0 saturated carbocycles. The summed E-state index contributed by atoms with van der Waals surface area (Å²) in [6.07, 6.45) is 1.56. The van der Waals surface area contributed by atoms with Gasteiger partial charge in [-0.05, 0) is 42.8 Å². The van der Waals surface area contributed by atoms with Gasteiger partial charge in [-0.2, -0.15) is 5.10 Å². The van der Waals surface area contributed by atoms with Crippen LogP contribution >= 0.6 is 0 Å². The lowest BCUT2D eigenvalue weighted by molar-refractivity contribution is -0.128. The summed E-state index contributed by atoms with van der Waals surface area (Å²) >= 11 is 0. The zero-order valence-corrected chi connectivity index (χ0v) is 17.9. The fraction of sp³-hybridized carbons (Fsp3) is 0.304. The molecule has 0 aliphatic rings. The summed E-state index contributed by atoms with van der Waals surface area (Å²) in [5.41, 5.74) is 6.09. The van der Waals surface area contributed by atoms with E-state index in [4.69, 9.17) is 9.47 Å². The van der Waals surface area contributed by atoms with E-state index in [1.165, 1.54) is 0 Å². The van der Waals surface area contributed by atoms with E-state index in [2.05, 4.69) is 20.5 Å². The van der Waals surface area contributed by atoms with Crippen LogP contribution in [0.25, 0.3) is 11.0 Å². The Bertz CT molecular complexity index is 1090. The highest BCUT2D eigenvalue weighted by atomic mass is 16.5. The number of ether oxygens (including phenoxy) is 2. The number of hydrazone groups is 1. The van der Waals surface area contributed by atoms with Crippen molar-refractivity contribution in [1.29, 1.82) is 0 Å². The van der Waals surface area contributed by atoms with E-state index in [9.17, 15) is 4.79 Å². The van der Waals surface area contributed by atoms with Crippen LogP contribution in [0, 0.1) is 12.3 Å². The van der Waals surface area contributed by atoms with Gasteiger partial charge in [-0.15, -0.1) is 0 Å². The van der Waals surface area contributed by atoms with Gasteiger partial charge >= 0.3 is 0 Å². The Labute approximate surface area is 176 Å². The third kappa shape index (κ3) is 5.11. The number of carbonyl (C=O) groups excluding carboxylic acids is 1. The molecule has 7 heteroatoms. The Morgan fingerprint density at radius 2 is 1.80 bits per heavy atom. The molecule has 0 aliphatic heterocycles. The summed E-state index contributed by atoms with van der Waals surface area (Å²) in [4.78, 5) is 21.1. The number of rotatable bonds is 6. The summed E-state index contributed by atoms with van der Waals surface area (Å²) in [7, 11) is 1.57. The summed E-state index contributed by atoms with van der Waals surface area (Å²) in [5.74, 6) is 0.993. The van der Waals surface area contributed by atoms with Crippen molar-refractivity contribution >= 4 is 23.2 Å². The summed E-state index contributed by atoms with van der Waals surface area (Å²) in [6, 6.07) is 13.2. The first-order valence-electron chi connectivity index (χ1n) is 9.64. The molecule has 2 aromatic carbocycles. The van der Waals surface area contributed by atoms with E-state index in [1.54, 1.807) is 25.5 Å². The molecular weight excluding hydrogens is 380 g/mol. The van der Waals surface area contributed by atoms with Gasteiger partial charge in [-0.3, -0.25) is 4.79 Å². The Morgan fingerprint density at radius 3 is 2.47 bits per heavy atom. The molecule has 0 aliphatic carbocycles. The Balaban J connectivity index is 1.71. The monoisotopic (exact) mass is 406 g/mol. The van der Waals surface area contributed by atoms with Crippen LogP contribution < -0.4 is 14.9 Å². The molecule has 0 unspecified atom stereocenters. The number of benzene rings is 2. The minimum atomic E-state index is -0.503. The molecule has 1 aromatic heterocycles. The Hall–Kier alpha value is -3.48. The van der Waals surface area contributed by atoms with E-state index in [-0.39, 0.29) is 12.5 Å². The predicted octanol–water partition coefficient (Wildman–Crippen LogP) is 4.02. The van der Waals surface area contributed by atoms with Crippen molar-refractivity contribution in [1.82, 2.24) is 15.4 Å². The van der Waals surface area contributed by atoms with Crippen LogP contribution in [-0.4, -0.2) is 29.2 Å². The molecule has 0 atom stereocenters. The number of nitrogens with zero attached hydrogens (tertiary/aromatic N) is 3. The number of amides is 1. The summed E-state index contributed by atoms with van der Waals surface area (Å²) in [6.45, 7) is 7.67. The second-order valence-corrected chi connectivity index (χ2v) is 7.89. The maximum atomic E-state index is 11.9. The number of carbonyl (C=O) groups is 1. The standard InChI is InChI=1S/C23H26N4O3/c1-15-19(26-18-9-7-6-8-17(18)25-15)14-30-20-11-10-16(12-21(20)29-5)13-24-27-22(28)23(2,3)4/h6-13H,14H2,1-5H3,(H,27,28)/b24-13-. The lowest BCUT2D eigenvalue weighted by atomic mass is 9.96. The fourth-order valence-electron chi connectivity index (χ4n) is 2.62. The van der Waals surface area contributed by atoms with Crippen molar-refractivity contribution in [3.05, 3.63) is 59.4 Å². The molecule has 0 radical (unpaired) electrons. The molecule has 0 bridgehead atoms. The number of aromatic nitrogens is 2. The van der Waals surface area contributed by atoms with Crippen molar-refractivity contribution < 1.29 is 14.3 Å². The average Bonchev–Trinajstić information content (AvgIpc) is 2.71. The Morgan fingerprint density at radius 1 is 1.10 bits per heavy atom. The van der Waals surface area contributed by atoms with E-state index >= 15 is 0 Å². The van der Waals surface area contributed by atoms with Crippen LogP contribution in [0.2, 0.25) is 0 Å². The number of hydrogen-bond donors (Lipinski definition) is 1. The predicted molar refractivity (Wildman–Crippen MR) is 117 cm³/mol. The van der Waals surface area contributed by atoms with Gasteiger partial charge in [0.2, 0.25) is 5.91 Å². The minimum Gasteiger partial charge on any atom is -0.493 e. The van der Waals surface area contributed by atoms with Gasteiger partial charge in [-0.25, -0.2) is 15.4 Å². The zero-order chi connectivity index (χ0) is 21.7. The van der Waals surface area contributed by atoms with Crippen LogP contribution in [-0.2, 0) is 11.4 Å². The Kier molecular flexibility index (Phi) is 6.30. The van der Waals surface area contributed by atoms with Crippen LogP contribution in [0.5, 0.6) is 11.5 Å². The number of nitrogens with one attached hydrogen (secondary N) is 1. The summed E-state index contributed by atoms with van der Waals surface area (Å²) in [5, 5.41) is 4.01. The number of methoxy groups -OCH3 is 1. The van der Waals surface area contributed by atoms with E-state index in [0.29, 0.717) is 11.5 Å². The second kappa shape index (κ2) is 8.90. The lowest BCUT2D eigenvalue weighted by Crippen LogP contribution is -2.31. The first-order valence-corrected chi connectivity index (χ1v) is 9.64. The van der Waals surface area contributed by atoms with Gasteiger partial charge in [0.15, 0.2) is 11.5 Å². The van der Waals surface area contributed by atoms with Crippen LogP contribution in [0.3, 0.4) is 0 Å². The van der Waals surface area contributed by atoms with E-state index < -0.39 is 5.41 Å². The molecule has 3 aromatic rings. The van der Waals surface area contributed by atoms with Crippen LogP contribution in [0.15, 0.2) is 47.6 Å². The highest BCUT2D eigenvalue weighted by Gasteiger charge is 2.20. The molecule has 0 spiro atoms. The maximum absolute atomic E-state index is 11.9. The first kappa shape index (κ1) is 21.2. The van der Waals surface area contributed by atoms with Crippen molar-refractivity contribution in [2.24, 2.45) is 10.5 Å². The highest BCUT2D eigenvalue weighted by Crippen LogP contribution is 2.28. The third-order valence-electron chi connectivity index (χ3n) is 4.46. The smallest absolute Gasteiger partial charge is 0.245 e. The molecule has 7 nitrogen and oxygen atoms in total. The molecule has 1 heterocycles. The van der Waals surface area contributed by atoms with E-state index in [1.807, 2.05) is 58.0 Å². The largest absolute Gasteiger partial charge is 0.493 e. The van der Waals surface area contributed by atoms with E-state index in [0.717, 1.165) is 28.0 Å². The normalized spacial score (nSPS) is 11.6. The summed E-state index contributed by atoms with van der Waals surface area (Å²) < 4.78 is 11.4. The molecule has 0 fully saturated rings. The van der Waals surface area contributed by atoms with Crippen molar-refractivity contribution in [2.45, 2.75) is 34.3 Å². The van der Waals surface area contributed by atoms with Crippen molar-refractivity contribution in [3.8, 4) is 11.5 Å². The van der Waals surface area contributed by atoms with Crippen molar-refractivity contribution in [2.75, 3.05) is 7.11 Å². The van der Waals surface area contributed by atoms with Gasteiger partial charge in [0.25, 0.3) is 0 Å². The second-order valence-electron chi connectivity index (χ2n) is 7.89. The topological polar surface area (TPSA) is 85.7 Å². The molecule has 1 amide bonds. The van der Waals surface area contributed by atoms with Gasteiger partial charge in [0.1, 0.15) is 6.61 Å². The van der Waals surface area contributed by atoms with Gasteiger partial charge < -0.3 is 9.47 Å². The van der Waals surface area contributed by atoms with Crippen LogP contribution in [0.4, 0.5) is 0 Å². The maximum Gasteiger partial charge on any atom is 0.245 e. The highest BCUT2D eigenvalue weighted by molar-refractivity contribution is 5.85. The number of para-hydroxylation sites is 2. The molecule has 0 saturated heterocycles. The molecule has 156 valence electrons. The third-order valence-corrected chi connectivity index (χ3v) is 4.46. The van der Waals surface area contributed by atoms with Crippen molar-refractivity contribution in [3.63, 3.8) is 0 Å². The molecule has 3 rings (SSSR count). The van der Waals surface area contributed by atoms with Gasteiger partial charge in [0.05, 0.1) is 35.7 Å². The minimum absolute atomic E-state index is 0.155. The zero-order valence-electron chi connectivity index (χ0n) is 17.9. The first-order chi connectivity index (χ1) is 14.3. The van der Waals surface area contributed by atoms with Gasteiger partial charge in [0, 0.05) is 5.41 Å². The molecular formula is C23H26N4O3. The molecule has 30 heavy (non-hydrogen) atoms. The number of fused-ring (bicyclic) bond motifs is 1. The average molecular weight is 406 g/mol. The quantitative estimate of drug-likeness (QED) is 0.494. The van der Waals surface area contributed by atoms with Crippen LogP contribution in [0.1, 0.15) is 37.7 Å². The lowest BCUT2D eigenvalue weighted by Gasteiger charge is -2.14. The van der Waals surface area contributed by atoms with Gasteiger partial charge in [-0.1, -0.05) is 32.9 Å². The molecule has 1 N–H and O–H groups in total. The fourth-order valence-corrected chi connectivity index (χ4v) is 2.62. The SMILES string of the molecule is COc1cc(/C=N\NC(=O)C(C)(C)C)ccc1OCc1nc2ccccc2nc1C. The number of aryl methyl sites for hydroxylation is 1.